The van der Waals surface area contributed by atoms with Crippen molar-refractivity contribution >= 4 is 17.9 Å². The van der Waals surface area contributed by atoms with Gasteiger partial charge in [0.25, 0.3) is 0 Å². The van der Waals surface area contributed by atoms with Crippen molar-refractivity contribution in [3.05, 3.63) is 71.8 Å². The largest absolute Gasteiger partial charge is 0.449 e. The molecule has 0 aromatic heterocycles. The summed E-state index contributed by atoms with van der Waals surface area (Å²) in [4.78, 5) is 46.8. The molecular formula is C35H48N4O6. The predicted octanol–water partition coefficient (Wildman–Crippen LogP) is 5.39. The molecule has 3 aliphatic rings. The van der Waals surface area contributed by atoms with E-state index in [0.717, 1.165) is 37.7 Å². The van der Waals surface area contributed by atoms with E-state index >= 15 is 0 Å². The van der Waals surface area contributed by atoms with Crippen molar-refractivity contribution in [1.29, 1.82) is 0 Å². The van der Waals surface area contributed by atoms with Crippen molar-refractivity contribution < 1.29 is 28.7 Å². The summed E-state index contributed by atoms with van der Waals surface area (Å²) in [5.74, 6) is -0.191. The smallest absolute Gasteiger partial charge is 0.407 e. The number of unbranched alkanes of at least 4 members (excludes halogenated alkanes) is 1. The Morgan fingerprint density at radius 3 is 2.36 bits per heavy atom. The molecule has 244 valence electrons. The standard InChI is InChI=1S/C35H48N4O6/c1-27(29-15-7-3-8-16-29)39-32(45-39)31(40)30(17-9-12-20-36-33(41)38-21-23-43-24-22-38)37-34(42)44-26-35(18-10-4-11-19-35)25-28-13-5-2-6-14-28/h2-3,5-8,13-16,27,30,32H,4,9-12,17-26H2,1H3,(H,36,41)(H,37,42)/t27-,30+,32?,39?/m1/s1. The summed E-state index contributed by atoms with van der Waals surface area (Å²) in [7, 11) is 0. The van der Waals surface area contributed by atoms with Gasteiger partial charge in [-0.2, -0.15) is 0 Å². The van der Waals surface area contributed by atoms with Crippen LogP contribution < -0.4 is 10.6 Å². The molecule has 0 bridgehead atoms. The Balaban J connectivity index is 1.16. The number of ether oxygens (including phenoxy) is 2. The molecule has 2 N–H and O–H groups in total. The number of morpholine rings is 1. The predicted molar refractivity (Wildman–Crippen MR) is 170 cm³/mol. The van der Waals surface area contributed by atoms with E-state index in [1.807, 2.05) is 55.5 Å². The van der Waals surface area contributed by atoms with Crippen LogP contribution in [0.2, 0.25) is 0 Å². The monoisotopic (exact) mass is 620 g/mol. The fourth-order valence-electron chi connectivity index (χ4n) is 6.55. The van der Waals surface area contributed by atoms with E-state index in [0.29, 0.717) is 58.7 Å². The normalized spacial score (nSPS) is 22.1. The molecular weight excluding hydrogens is 572 g/mol. The highest BCUT2D eigenvalue weighted by Crippen LogP contribution is 2.40. The molecule has 5 rings (SSSR count). The third kappa shape index (κ3) is 9.51. The van der Waals surface area contributed by atoms with Crippen LogP contribution in [0.4, 0.5) is 9.59 Å². The third-order valence-corrected chi connectivity index (χ3v) is 9.29. The van der Waals surface area contributed by atoms with Gasteiger partial charge in [0.1, 0.15) is 0 Å². The van der Waals surface area contributed by atoms with Crippen molar-refractivity contribution in [3.63, 3.8) is 0 Å². The third-order valence-electron chi connectivity index (χ3n) is 9.29. The summed E-state index contributed by atoms with van der Waals surface area (Å²) in [5, 5.41) is 7.51. The lowest BCUT2D eigenvalue weighted by molar-refractivity contribution is -0.122. The van der Waals surface area contributed by atoms with Gasteiger partial charge in [0.05, 0.1) is 31.9 Å². The van der Waals surface area contributed by atoms with Crippen LogP contribution >= 0.6 is 0 Å². The van der Waals surface area contributed by atoms with Crippen LogP contribution in [-0.4, -0.2) is 79.6 Å². The molecule has 1 saturated carbocycles. The van der Waals surface area contributed by atoms with Gasteiger partial charge in [0.15, 0.2) is 0 Å². The second-order valence-corrected chi connectivity index (χ2v) is 12.6. The van der Waals surface area contributed by atoms with E-state index in [2.05, 4.69) is 22.8 Å². The van der Waals surface area contributed by atoms with Gasteiger partial charge in [-0.25, -0.2) is 9.59 Å². The summed E-state index contributed by atoms with van der Waals surface area (Å²) < 4.78 is 11.2. The quantitative estimate of drug-likeness (QED) is 0.215. The van der Waals surface area contributed by atoms with Gasteiger partial charge in [-0.15, -0.1) is 5.06 Å². The van der Waals surface area contributed by atoms with Gasteiger partial charge in [-0.05, 0) is 56.6 Å². The molecule has 2 aliphatic heterocycles. The van der Waals surface area contributed by atoms with E-state index in [-0.39, 0.29) is 23.3 Å². The Morgan fingerprint density at radius 2 is 1.64 bits per heavy atom. The minimum Gasteiger partial charge on any atom is -0.449 e. The van der Waals surface area contributed by atoms with E-state index in [1.165, 1.54) is 12.0 Å². The maximum atomic E-state index is 13.7. The number of carbonyl (C=O) groups excluding carboxylic acids is 3. The highest BCUT2D eigenvalue weighted by atomic mass is 16.8. The van der Waals surface area contributed by atoms with Crippen LogP contribution in [-0.2, 0) is 25.5 Å². The molecule has 0 spiro atoms. The van der Waals surface area contributed by atoms with Gasteiger partial charge in [0, 0.05) is 25.0 Å². The Hall–Kier alpha value is -3.47. The SMILES string of the molecule is C[C@H](c1ccccc1)N1OC1C(=O)[C@H](CCCCNC(=O)N1CCOCC1)NC(=O)OCC1(Cc2ccccc2)CCCCC1. The summed E-state index contributed by atoms with van der Waals surface area (Å²) in [6.45, 7) is 5.07. The number of amides is 3. The Morgan fingerprint density at radius 1 is 0.956 bits per heavy atom. The van der Waals surface area contributed by atoms with Crippen molar-refractivity contribution in [2.45, 2.75) is 83.0 Å². The van der Waals surface area contributed by atoms with E-state index in [9.17, 15) is 14.4 Å². The summed E-state index contributed by atoms with van der Waals surface area (Å²) in [6, 6.07) is 19.3. The molecule has 2 aromatic carbocycles. The zero-order valence-corrected chi connectivity index (χ0v) is 26.5. The lowest BCUT2D eigenvalue weighted by Gasteiger charge is -2.37. The first-order valence-corrected chi connectivity index (χ1v) is 16.6. The average molecular weight is 621 g/mol. The summed E-state index contributed by atoms with van der Waals surface area (Å²) >= 11 is 0. The maximum absolute atomic E-state index is 13.7. The van der Waals surface area contributed by atoms with Crippen LogP contribution in [0.15, 0.2) is 60.7 Å². The number of carbonyl (C=O) groups is 3. The minimum absolute atomic E-state index is 0.100. The molecule has 2 heterocycles. The van der Waals surface area contributed by atoms with Crippen LogP contribution in [0.1, 0.15) is 75.5 Å². The molecule has 2 aromatic rings. The first kappa shape index (κ1) is 32.9. The van der Waals surface area contributed by atoms with Crippen LogP contribution in [0, 0.1) is 5.41 Å². The molecule has 2 saturated heterocycles. The number of ketones is 1. The summed E-state index contributed by atoms with van der Waals surface area (Å²) in [6.07, 6.45) is 6.75. The van der Waals surface area contributed by atoms with E-state index in [1.54, 1.807) is 9.96 Å². The number of rotatable bonds is 14. The molecule has 0 radical (unpaired) electrons. The van der Waals surface area contributed by atoms with Crippen molar-refractivity contribution in [2.24, 2.45) is 5.41 Å². The average Bonchev–Trinajstić information content (AvgIpc) is 3.89. The maximum Gasteiger partial charge on any atom is 0.407 e. The Kier molecular flexibility index (Phi) is 11.8. The van der Waals surface area contributed by atoms with Gasteiger partial charge in [-0.3, -0.25) is 9.63 Å². The number of alkyl carbamates (subject to hydrolysis) is 1. The van der Waals surface area contributed by atoms with E-state index < -0.39 is 18.4 Å². The number of Topliss-reactive ketones (excluding diaryl/α,β-unsaturated/α-hetero) is 1. The molecule has 45 heavy (non-hydrogen) atoms. The number of hydrogen-bond donors (Lipinski definition) is 2. The highest BCUT2D eigenvalue weighted by molar-refractivity contribution is 5.91. The number of nitrogens with zero attached hydrogens (tertiary/aromatic N) is 2. The van der Waals surface area contributed by atoms with Crippen LogP contribution in [0.3, 0.4) is 0 Å². The van der Waals surface area contributed by atoms with Crippen LogP contribution in [0.25, 0.3) is 0 Å². The van der Waals surface area contributed by atoms with Crippen molar-refractivity contribution in [1.82, 2.24) is 20.6 Å². The fraction of sp³-hybridized carbons (Fsp3) is 0.571. The van der Waals surface area contributed by atoms with Crippen molar-refractivity contribution in [3.8, 4) is 0 Å². The first-order valence-electron chi connectivity index (χ1n) is 16.6. The molecule has 3 amide bonds. The number of nitrogens with one attached hydrogen (secondary N) is 2. The zero-order valence-electron chi connectivity index (χ0n) is 26.5. The topological polar surface area (TPSA) is 113 Å². The Labute approximate surface area is 266 Å². The number of urea groups is 1. The second-order valence-electron chi connectivity index (χ2n) is 12.6. The van der Waals surface area contributed by atoms with Gasteiger partial charge < -0.3 is 25.0 Å². The number of hydroxylamine groups is 2. The molecule has 1 aliphatic carbocycles. The lowest BCUT2D eigenvalue weighted by atomic mass is 9.71. The Bertz CT molecular complexity index is 1230. The zero-order chi connectivity index (χ0) is 31.5. The first-order chi connectivity index (χ1) is 21.9. The van der Waals surface area contributed by atoms with Gasteiger partial charge in [0.2, 0.25) is 12.0 Å². The van der Waals surface area contributed by atoms with Gasteiger partial charge >= 0.3 is 12.1 Å². The second kappa shape index (κ2) is 16.2. The molecule has 10 nitrogen and oxygen atoms in total. The van der Waals surface area contributed by atoms with Crippen LogP contribution in [0.5, 0.6) is 0 Å². The highest BCUT2D eigenvalue weighted by Gasteiger charge is 2.49. The molecule has 10 heteroatoms. The molecule has 2 unspecified atom stereocenters. The van der Waals surface area contributed by atoms with Crippen molar-refractivity contribution in [2.75, 3.05) is 39.5 Å². The summed E-state index contributed by atoms with van der Waals surface area (Å²) in [5.41, 5.74) is 2.19. The fourth-order valence-corrected chi connectivity index (χ4v) is 6.55. The van der Waals surface area contributed by atoms with E-state index in [4.69, 9.17) is 14.3 Å². The molecule has 4 atom stereocenters. The number of benzene rings is 2. The lowest BCUT2D eigenvalue weighted by Crippen LogP contribution is -2.46. The minimum atomic E-state index is -0.762. The number of hydrogen-bond acceptors (Lipinski definition) is 7. The molecule has 3 fully saturated rings. The van der Waals surface area contributed by atoms with Gasteiger partial charge in [-0.1, -0.05) is 79.9 Å².